The third kappa shape index (κ3) is 4.62. The highest BCUT2D eigenvalue weighted by atomic mass is 35.5. The number of benzene rings is 1. The quantitative estimate of drug-likeness (QED) is 0.908. The van der Waals surface area contributed by atoms with E-state index in [-0.39, 0.29) is 6.03 Å². The number of halogens is 1. The van der Waals surface area contributed by atoms with Gasteiger partial charge < -0.3 is 15.1 Å². The van der Waals surface area contributed by atoms with Gasteiger partial charge in [-0.3, -0.25) is 4.90 Å². The summed E-state index contributed by atoms with van der Waals surface area (Å²) in [5.74, 6) is 0. The first kappa shape index (κ1) is 17.5. The zero-order chi connectivity index (χ0) is 16.9. The third-order valence-corrected chi connectivity index (χ3v) is 5.41. The maximum absolute atomic E-state index is 12.3. The summed E-state index contributed by atoms with van der Waals surface area (Å²) in [6, 6.07) is 8.32. The van der Waals surface area contributed by atoms with Gasteiger partial charge in [-0.2, -0.15) is 0 Å². The number of amides is 2. The summed E-state index contributed by atoms with van der Waals surface area (Å²) >= 11 is 5.88. The number of urea groups is 1. The summed E-state index contributed by atoms with van der Waals surface area (Å²) in [4.78, 5) is 19.2. The summed E-state index contributed by atoms with van der Waals surface area (Å²) in [7, 11) is 2.19. The summed E-state index contributed by atoms with van der Waals surface area (Å²) in [5, 5.41) is 3.72. The molecule has 3 rings (SSSR count). The molecule has 2 saturated heterocycles. The zero-order valence-corrected chi connectivity index (χ0v) is 15.1. The fourth-order valence-electron chi connectivity index (χ4n) is 3.54. The fourth-order valence-corrected chi connectivity index (χ4v) is 3.67. The second-order valence-corrected chi connectivity index (χ2v) is 7.28. The number of nitrogens with one attached hydrogen (secondary N) is 1. The number of carbonyl (C=O) groups is 1. The van der Waals surface area contributed by atoms with Gasteiger partial charge in [0.1, 0.15) is 0 Å². The van der Waals surface area contributed by atoms with Gasteiger partial charge in [0.05, 0.1) is 0 Å². The maximum atomic E-state index is 12.3. The molecule has 132 valence electrons. The van der Waals surface area contributed by atoms with Crippen LogP contribution in [0.2, 0.25) is 5.02 Å². The molecule has 5 nitrogen and oxygen atoms in total. The number of piperidine rings is 1. The predicted molar refractivity (Wildman–Crippen MR) is 97.4 cm³/mol. The lowest BCUT2D eigenvalue weighted by Gasteiger charge is -2.42. The van der Waals surface area contributed by atoms with Gasteiger partial charge in [-0.15, -0.1) is 0 Å². The molecule has 2 heterocycles. The fraction of sp³-hybridized carbons (Fsp3) is 0.611. The molecular formula is C18H27ClN4O. The number of carbonyl (C=O) groups excluding carboxylic acids is 1. The van der Waals surface area contributed by atoms with E-state index in [0.717, 1.165) is 36.8 Å². The van der Waals surface area contributed by atoms with Crippen molar-refractivity contribution in [3.05, 3.63) is 34.9 Å². The van der Waals surface area contributed by atoms with Gasteiger partial charge in [0, 0.05) is 43.8 Å². The van der Waals surface area contributed by atoms with Crippen molar-refractivity contribution in [2.24, 2.45) is 0 Å². The minimum atomic E-state index is 0.0352. The van der Waals surface area contributed by atoms with Crippen LogP contribution in [0.4, 0.5) is 4.79 Å². The van der Waals surface area contributed by atoms with Gasteiger partial charge in [-0.25, -0.2) is 4.79 Å². The standard InChI is InChI=1S/C18H27ClN4O/c1-21-8-6-17(7-9-21)22-10-12-23(13-11-22)18(24)20-14-15-2-4-16(19)5-3-15/h2-5,17H,6-14H2,1H3,(H,20,24). The predicted octanol–water partition coefficient (Wildman–Crippen LogP) is 2.26. The van der Waals surface area contributed by atoms with E-state index < -0.39 is 0 Å². The van der Waals surface area contributed by atoms with Crippen molar-refractivity contribution in [2.75, 3.05) is 46.3 Å². The Morgan fingerprint density at radius 1 is 1.08 bits per heavy atom. The SMILES string of the molecule is CN1CCC(N2CCN(C(=O)NCc3ccc(Cl)cc3)CC2)CC1. The number of hydrogen-bond acceptors (Lipinski definition) is 3. The second kappa shape index (κ2) is 8.19. The Morgan fingerprint density at radius 3 is 2.33 bits per heavy atom. The van der Waals surface area contributed by atoms with E-state index in [1.54, 1.807) is 0 Å². The van der Waals surface area contributed by atoms with E-state index in [1.165, 1.54) is 25.9 Å². The second-order valence-electron chi connectivity index (χ2n) is 6.84. The first-order valence-corrected chi connectivity index (χ1v) is 9.19. The highest BCUT2D eigenvalue weighted by Gasteiger charge is 2.27. The van der Waals surface area contributed by atoms with E-state index >= 15 is 0 Å². The molecule has 0 unspecified atom stereocenters. The van der Waals surface area contributed by atoms with Gasteiger partial charge >= 0.3 is 6.03 Å². The Balaban J connectivity index is 1.41. The van der Waals surface area contributed by atoms with Crippen LogP contribution in [0.15, 0.2) is 24.3 Å². The van der Waals surface area contributed by atoms with E-state index in [0.29, 0.717) is 12.6 Å². The first-order chi connectivity index (χ1) is 11.6. The van der Waals surface area contributed by atoms with Crippen LogP contribution < -0.4 is 5.32 Å². The minimum Gasteiger partial charge on any atom is -0.334 e. The zero-order valence-electron chi connectivity index (χ0n) is 14.4. The van der Waals surface area contributed by atoms with Crippen molar-refractivity contribution in [1.82, 2.24) is 20.0 Å². The van der Waals surface area contributed by atoms with E-state index in [9.17, 15) is 4.79 Å². The lowest BCUT2D eigenvalue weighted by Crippen LogP contribution is -2.55. The highest BCUT2D eigenvalue weighted by Crippen LogP contribution is 2.17. The number of rotatable bonds is 3. The number of hydrogen-bond donors (Lipinski definition) is 1. The normalized spacial score (nSPS) is 21.0. The number of nitrogens with zero attached hydrogens (tertiary/aromatic N) is 3. The summed E-state index contributed by atoms with van der Waals surface area (Å²) < 4.78 is 0. The van der Waals surface area contributed by atoms with Crippen LogP contribution in [0.3, 0.4) is 0 Å². The van der Waals surface area contributed by atoms with Crippen LogP contribution >= 0.6 is 11.6 Å². The smallest absolute Gasteiger partial charge is 0.317 e. The molecule has 1 aromatic rings. The van der Waals surface area contributed by atoms with E-state index in [4.69, 9.17) is 11.6 Å². The van der Waals surface area contributed by atoms with Crippen LogP contribution in [0.5, 0.6) is 0 Å². The molecule has 0 saturated carbocycles. The van der Waals surface area contributed by atoms with Crippen LogP contribution in [-0.4, -0.2) is 73.1 Å². The molecular weight excluding hydrogens is 324 g/mol. The van der Waals surface area contributed by atoms with Gasteiger partial charge in [-0.05, 0) is 50.7 Å². The highest BCUT2D eigenvalue weighted by molar-refractivity contribution is 6.30. The summed E-state index contributed by atoms with van der Waals surface area (Å²) in [6.07, 6.45) is 2.50. The van der Waals surface area contributed by atoms with Crippen molar-refractivity contribution < 1.29 is 4.79 Å². The molecule has 0 atom stereocenters. The van der Waals surface area contributed by atoms with Crippen LogP contribution in [0.1, 0.15) is 18.4 Å². The van der Waals surface area contributed by atoms with Crippen LogP contribution in [-0.2, 0) is 6.54 Å². The Hall–Kier alpha value is -1.30. The van der Waals surface area contributed by atoms with Gasteiger partial charge in [0.25, 0.3) is 0 Å². The van der Waals surface area contributed by atoms with E-state index in [2.05, 4.69) is 22.2 Å². The molecule has 2 amide bonds. The molecule has 0 spiro atoms. The molecule has 1 N–H and O–H groups in total. The average Bonchev–Trinajstić information content (AvgIpc) is 2.62. The van der Waals surface area contributed by atoms with Crippen molar-refractivity contribution in [3.8, 4) is 0 Å². The molecule has 2 aliphatic rings. The molecule has 0 aliphatic carbocycles. The topological polar surface area (TPSA) is 38.8 Å². The lowest BCUT2D eigenvalue weighted by molar-refractivity contribution is 0.0749. The molecule has 6 heteroatoms. The van der Waals surface area contributed by atoms with Crippen molar-refractivity contribution in [3.63, 3.8) is 0 Å². The lowest BCUT2D eigenvalue weighted by atomic mass is 10.0. The summed E-state index contributed by atoms with van der Waals surface area (Å²) in [5.41, 5.74) is 1.07. The Labute approximate surface area is 149 Å². The van der Waals surface area contributed by atoms with Crippen molar-refractivity contribution in [1.29, 1.82) is 0 Å². The summed E-state index contributed by atoms with van der Waals surface area (Å²) in [6.45, 7) is 6.53. The maximum Gasteiger partial charge on any atom is 0.317 e. The molecule has 2 fully saturated rings. The van der Waals surface area contributed by atoms with Gasteiger partial charge in [0.2, 0.25) is 0 Å². The molecule has 2 aliphatic heterocycles. The van der Waals surface area contributed by atoms with Crippen LogP contribution in [0, 0.1) is 0 Å². The molecule has 0 radical (unpaired) electrons. The van der Waals surface area contributed by atoms with Crippen molar-refractivity contribution in [2.45, 2.75) is 25.4 Å². The minimum absolute atomic E-state index is 0.0352. The Bertz CT molecular complexity index is 534. The monoisotopic (exact) mass is 350 g/mol. The largest absolute Gasteiger partial charge is 0.334 e. The first-order valence-electron chi connectivity index (χ1n) is 8.81. The number of likely N-dealkylation sites (tertiary alicyclic amines) is 1. The van der Waals surface area contributed by atoms with E-state index in [1.807, 2.05) is 29.2 Å². The van der Waals surface area contributed by atoms with Crippen molar-refractivity contribution >= 4 is 17.6 Å². The average molecular weight is 351 g/mol. The van der Waals surface area contributed by atoms with Gasteiger partial charge in [-0.1, -0.05) is 23.7 Å². The number of piperazine rings is 1. The van der Waals surface area contributed by atoms with Crippen LogP contribution in [0.25, 0.3) is 0 Å². The molecule has 0 bridgehead atoms. The molecule has 0 aromatic heterocycles. The van der Waals surface area contributed by atoms with Gasteiger partial charge in [0.15, 0.2) is 0 Å². The Morgan fingerprint density at radius 2 is 1.71 bits per heavy atom. The molecule has 1 aromatic carbocycles. The third-order valence-electron chi connectivity index (χ3n) is 5.16. The Kier molecular flexibility index (Phi) is 5.98. The molecule has 24 heavy (non-hydrogen) atoms.